The molecule has 6 aromatic carbocycles. The van der Waals surface area contributed by atoms with Crippen LogP contribution in [-0.2, 0) is 14.7 Å². The van der Waals surface area contributed by atoms with Crippen LogP contribution in [0.15, 0.2) is 140 Å². The lowest BCUT2D eigenvalue weighted by molar-refractivity contribution is 0.00578. The molecule has 0 bridgehead atoms. The SMILES string of the molecule is CC1(C)OB(c2c(-c3ccccc3)cc3c(c2-c2ccccc2)C2(c4ccccc4-c4ccccc42)c2ccccc2-3)OC1(C)C. The summed E-state index contributed by atoms with van der Waals surface area (Å²) in [4.78, 5) is 0. The Hall–Kier alpha value is -4.70. The fourth-order valence-electron chi connectivity index (χ4n) is 8.24. The van der Waals surface area contributed by atoms with E-state index in [9.17, 15) is 0 Å². The zero-order valence-corrected chi connectivity index (χ0v) is 26.7. The molecule has 0 saturated carbocycles. The summed E-state index contributed by atoms with van der Waals surface area (Å²) in [5, 5.41) is 0. The molecule has 1 saturated heterocycles. The van der Waals surface area contributed by atoms with Gasteiger partial charge in [0.05, 0.1) is 16.6 Å². The van der Waals surface area contributed by atoms with Gasteiger partial charge in [0.25, 0.3) is 0 Å². The highest BCUT2D eigenvalue weighted by Crippen LogP contribution is 2.64. The smallest absolute Gasteiger partial charge is 0.399 e. The summed E-state index contributed by atoms with van der Waals surface area (Å²) in [5.74, 6) is 0. The van der Waals surface area contributed by atoms with Crippen molar-refractivity contribution < 1.29 is 9.31 Å². The van der Waals surface area contributed by atoms with Gasteiger partial charge in [-0.3, -0.25) is 0 Å². The average Bonchev–Trinajstić information content (AvgIpc) is 3.63. The van der Waals surface area contributed by atoms with Crippen LogP contribution < -0.4 is 5.46 Å². The maximum atomic E-state index is 6.98. The van der Waals surface area contributed by atoms with Crippen molar-refractivity contribution in [1.29, 1.82) is 0 Å². The van der Waals surface area contributed by atoms with Crippen molar-refractivity contribution in [2.24, 2.45) is 0 Å². The monoisotopic (exact) mass is 594 g/mol. The molecule has 1 aliphatic heterocycles. The first-order chi connectivity index (χ1) is 22.3. The van der Waals surface area contributed by atoms with Crippen molar-refractivity contribution in [3.63, 3.8) is 0 Å². The van der Waals surface area contributed by atoms with E-state index in [4.69, 9.17) is 9.31 Å². The number of rotatable bonds is 3. The highest BCUT2D eigenvalue weighted by Gasteiger charge is 2.57. The average molecular weight is 595 g/mol. The molecule has 0 atom stereocenters. The van der Waals surface area contributed by atoms with Gasteiger partial charge < -0.3 is 9.31 Å². The second kappa shape index (κ2) is 9.66. The fraction of sp³-hybridized carbons (Fsp3) is 0.163. The molecular weight excluding hydrogens is 559 g/mol. The van der Waals surface area contributed by atoms with Gasteiger partial charge in [-0.25, -0.2) is 0 Å². The minimum Gasteiger partial charge on any atom is -0.399 e. The molecule has 9 rings (SSSR count). The van der Waals surface area contributed by atoms with Gasteiger partial charge in [-0.2, -0.15) is 0 Å². The van der Waals surface area contributed by atoms with Crippen molar-refractivity contribution in [3.05, 3.63) is 162 Å². The predicted octanol–water partition coefficient (Wildman–Crippen LogP) is 9.66. The van der Waals surface area contributed by atoms with Crippen LogP contribution in [0.2, 0.25) is 0 Å². The van der Waals surface area contributed by atoms with Gasteiger partial charge in [-0.05, 0) is 106 Å². The molecule has 1 spiro atoms. The summed E-state index contributed by atoms with van der Waals surface area (Å²) in [6.07, 6.45) is 0. The summed E-state index contributed by atoms with van der Waals surface area (Å²) in [6, 6.07) is 51.1. The van der Waals surface area contributed by atoms with E-state index in [-0.39, 0.29) is 0 Å². The topological polar surface area (TPSA) is 18.5 Å². The first kappa shape index (κ1) is 27.6. The molecule has 0 aromatic heterocycles. The third-order valence-corrected chi connectivity index (χ3v) is 11.0. The molecule has 0 radical (unpaired) electrons. The first-order valence-corrected chi connectivity index (χ1v) is 16.3. The van der Waals surface area contributed by atoms with Crippen molar-refractivity contribution >= 4 is 12.6 Å². The normalized spacial score (nSPS) is 17.4. The maximum absolute atomic E-state index is 6.98. The van der Waals surface area contributed by atoms with Crippen LogP contribution in [0.25, 0.3) is 44.5 Å². The predicted molar refractivity (Wildman–Crippen MR) is 189 cm³/mol. The molecular formula is C43H35BO2. The van der Waals surface area contributed by atoms with Crippen molar-refractivity contribution in [2.75, 3.05) is 0 Å². The molecule has 0 N–H and O–H groups in total. The van der Waals surface area contributed by atoms with Crippen molar-refractivity contribution in [2.45, 2.75) is 44.3 Å². The zero-order chi connectivity index (χ0) is 31.3. The lowest BCUT2D eigenvalue weighted by Gasteiger charge is -2.34. The standard InChI is InChI=1S/C43H35BO2/c1-41(2)42(3,4)46-44(45-41)40-33(28-17-7-5-8-18-28)27-34-32-23-13-16-26-37(32)43(39(34)38(40)29-19-9-6-10-20-29)35-24-14-11-21-30(35)31-22-12-15-25-36(31)43/h5-27H,1-4H3. The van der Waals surface area contributed by atoms with Crippen LogP contribution in [0.5, 0.6) is 0 Å². The summed E-state index contributed by atoms with van der Waals surface area (Å²) in [5.41, 5.74) is 14.7. The van der Waals surface area contributed by atoms with Gasteiger partial charge in [0.1, 0.15) is 0 Å². The number of fused-ring (bicyclic) bond motifs is 10. The Kier molecular flexibility index (Phi) is 5.79. The van der Waals surface area contributed by atoms with Gasteiger partial charge in [0.15, 0.2) is 0 Å². The Labute approximate surface area is 271 Å². The molecule has 1 heterocycles. The van der Waals surface area contributed by atoms with Crippen LogP contribution in [-0.4, -0.2) is 18.3 Å². The largest absolute Gasteiger partial charge is 0.496 e. The molecule has 3 aliphatic rings. The number of hydrogen-bond donors (Lipinski definition) is 0. The summed E-state index contributed by atoms with van der Waals surface area (Å²) < 4.78 is 14.0. The van der Waals surface area contributed by atoms with E-state index in [1.807, 2.05) is 0 Å². The molecule has 0 unspecified atom stereocenters. The van der Waals surface area contributed by atoms with Gasteiger partial charge in [-0.15, -0.1) is 0 Å². The van der Waals surface area contributed by atoms with Gasteiger partial charge in [0, 0.05) is 0 Å². The number of hydrogen-bond acceptors (Lipinski definition) is 2. The third-order valence-electron chi connectivity index (χ3n) is 11.0. The van der Waals surface area contributed by atoms with E-state index in [1.165, 1.54) is 50.1 Å². The summed E-state index contributed by atoms with van der Waals surface area (Å²) in [7, 11) is -0.562. The molecule has 2 aliphatic carbocycles. The van der Waals surface area contributed by atoms with Crippen LogP contribution in [0, 0.1) is 0 Å². The minimum atomic E-state index is -0.562. The van der Waals surface area contributed by atoms with Crippen LogP contribution >= 0.6 is 0 Å². The van der Waals surface area contributed by atoms with Crippen LogP contribution in [0.4, 0.5) is 0 Å². The van der Waals surface area contributed by atoms with Gasteiger partial charge in [-0.1, -0.05) is 133 Å². The molecule has 0 amide bonds. The second-order valence-corrected chi connectivity index (χ2v) is 13.8. The third kappa shape index (κ3) is 3.56. The van der Waals surface area contributed by atoms with Gasteiger partial charge in [0.2, 0.25) is 0 Å². The van der Waals surface area contributed by atoms with E-state index in [1.54, 1.807) is 0 Å². The van der Waals surface area contributed by atoms with Crippen molar-refractivity contribution in [3.8, 4) is 44.5 Å². The van der Waals surface area contributed by atoms with Crippen LogP contribution in [0.3, 0.4) is 0 Å². The summed E-state index contributed by atoms with van der Waals surface area (Å²) >= 11 is 0. The molecule has 46 heavy (non-hydrogen) atoms. The lowest BCUT2D eigenvalue weighted by atomic mass is 9.63. The first-order valence-electron chi connectivity index (χ1n) is 16.3. The maximum Gasteiger partial charge on any atom is 0.496 e. The van der Waals surface area contributed by atoms with E-state index >= 15 is 0 Å². The Morgan fingerprint density at radius 2 is 0.848 bits per heavy atom. The molecule has 2 nitrogen and oxygen atoms in total. The highest BCUT2D eigenvalue weighted by atomic mass is 16.7. The quantitative estimate of drug-likeness (QED) is 0.190. The van der Waals surface area contributed by atoms with Crippen molar-refractivity contribution in [1.82, 2.24) is 0 Å². The Morgan fingerprint density at radius 3 is 1.35 bits per heavy atom. The Bertz CT molecular complexity index is 2100. The highest BCUT2D eigenvalue weighted by molar-refractivity contribution is 6.66. The number of benzene rings is 6. The summed E-state index contributed by atoms with van der Waals surface area (Å²) in [6.45, 7) is 8.58. The fourth-order valence-corrected chi connectivity index (χ4v) is 8.24. The van der Waals surface area contributed by atoms with E-state index < -0.39 is 23.7 Å². The Balaban J connectivity index is 1.51. The molecule has 1 fully saturated rings. The molecule has 6 aromatic rings. The van der Waals surface area contributed by atoms with E-state index in [2.05, 4.69) is 167 Å². The van der Waals surface area contributed by atoms with Crippen LogP contribution in [0.1, 0.15) is 49.9 Å². The molecule has 222 valence electrons. The van der Waals surface area contributed by atoms with Gasteiger partial charge >= 0.3 is 7.12 Å². The van der Waals surface area contributed by atoms with E-state index in [0.29, 0.717) is 0 Å². The lowest BCUT2D eigenvalue weighted by Crippen LogP contribution is -2.41. The minimum absolute atomic E-state index is 0.494. The second-order valence-electron chi connectivity index (χ2n) is 13.8. The van der Waals surface area contributed by atoms with E-state index in [0.717, 1.165) is 22.2 Å². The zero-order valence-electron chi connectivity index (χ0n) is 26.7. The molecule has 3 heteroatoms. The Morgan fingerprint density at radius 1 is 0.435 bits per heavy atom.